The van der Waals surface area contributed by atoms with E-state index in [1.165, 1.54) is 12.4 Å². The zero-order valence-electron chi connectivity index (χ0n) is 18.3. The Morgan fingerprint density at radius 2 is 1.06 bits per heavy atom. The van der Waals surface area contributed by atoms with Crippen LogP contribution in [-0.4, -0.2) is 47.2 Å². The van der Waals surface area contributed by atoms with Gasteiger partial charge in [-0.15, -0.1) is 0 Å². The Morgan fingerprint density at radius 3 is 1.48 bits per heavy atom. The lowest BCUT2D eigenvalue weighted by atomic mass is 9.93. The minimum Gasteiger partial charge on any atom is -0.806 e. The molecular formula is C21H30N6O6-2. The van der Waals surface area contributed by atoms with Crippen LogP contribution in [0.25, 0.3) is 0 Å². The molecule has 0 spiro atoms. The van der Waals surface area contributed by atoms with Crippen molar-refractivity contribution in [2.75, 3.05) is 26.4 Å². The van der Waals surface area contributed by atoms with Crippen LogP contribution in [0, 0.1) is 10.4 Å². The molecule has 2 aromatic heterocycles. The van der Waals surface area contributed by atoms with E-state index in [1.54, 1.807) is 0 Å². The van der Waals surface area contributed by atoms with Gasteiger partial charge in [-0.3, -0.25) is 0 Å². The second kappa shape index (κ2) is 7.90. The summed E-state index contributed by atoms with van der Waals surface area (Å²) < 4.78 is 24.6. The molecule has 1 fully saturated rings. The van der Waals surface area contributed by atoms with E-state index in [1.807, 2.05) is 0 Å². The fourth-order valence-corrected chi connectivity index (χ4v) is 4.92. The summed E-state index contributed by atoms with van der Waals surface area (Å²) in [5.41, 5.74) is 22.6. The van der Waals surface area contributed by atoms with Gasteiger partial charge in [0.2, 0.25) is 0 Å². The van der Waals surface area contributed by atoms with Crippen molar-refractivity contribution in [2.24, 2.45) is 22.9 Å². The molecule has 1 saturated carbocycles. The SMILES string of the molecule is NC1(N)COc2cn([O-])c(C3CCCC(c4c5c(cn4[O-])OCC(N)(N)CO5)CC3)c2OC1. The lowest BCUT2D eigenvalue weighted by molar-refractivity contribution is 0.181. The van der Waals surface area contributed by atoms with Gasteiger partial charge in [0.1, 0.15) is 37.8 Å². The van der Waals surface area contributed by atoms with Crippen molar-refractivity contribution >= 4 is 0 Å². The summed E-state index contributed by atoms with van der Waals surface area (Å²) in [5, 5.41) is 25.5. The molecule has 2 unspecified atom stereocenters. The van der Waals surface area contributed by atoms with E-state index in [4.69, 9.17) is 41.9 Å². The molecule has 0 saturated heterocycles. The van der Waals surface area contributed by atoms with Crippen LogP contribution in [0.2, 0.25) is 0 Å². The average molecular weight is 463 g/mol. The normalized spacial score (nSPS) is 26.2. The van der Waals surface area contributed by atoms with Crippen LogP contribution in [0.3, 0.4) is 0 Å². The number of nitrogens with two attached hydrogens (primary N) is 4. The first-order chi connectivity index (χ1) is 15.6. The van der Waals surface area contributed by atoms with Gasteiger partial charge in [0.15, 0.2) is 23.0 Å². The molecule has 3 aliphatic rings. The monoisotopic (exact) mass is 462 g/mol. The Labute approximate surface area is 190 Å². The highest BCUT2D eigenvalue weighted by molar-refractivity contribution is 5.49. The Bertz CT molecular complexity index is 951. The van der Waals surface area contributed by atoms with Gasteiger partial charge < -0.3 is 61.8 Å². The predicted octanol–water partition coefficient (Wildman–Crippen LogP) is 0.583. The minimum absolute atomic E-state index is 0.0449. The van der Waals surface area contributed by atoms with E-state index < -0.39 is 11.3 Å². The number of ether oxygens (including phenoxy) is 4. The molecule has 0 amide bonds. The second-order valence-electron chi connectivity index (χ2n) is 9.59. The van der Waals surface area contributed by atoms with E-state index in [9.17, 15) is 10.4 Å². The van der Waals surface area contributed by atoms with Crippen LogP contribution < -0.4 is 41.9 Å². The summed E-state index contributed by atoms with van der Waals surface area (Å²) in [6.07, 6.45) is 6.45. The third-order valence-corrected chi connectivity index (χ3v) is 6.56. The molecule has 0 bridgehead atoms. The lowest BCUT2D eigenvalue weighted by Gasteiger charge is -2.25. The third-order valence-electron chi connectivity index (χ3n) is 6.56. The zero-order chi connectivity index (χ0) is 23.4. The average Bonchev–Trinajstić information content (AvgIpc) is 2.96. The van der Waals surface area contributed by atoms with E-state index in [0.29, 0.717) is 47.2 Å². The third kappa shape index (κ3) is 4.14. The van der Waals surface area contributed by atoms with Crippen molar-refractivity contribution < 1.29 is 18.9 Å². The molecule has 2 aromatic rings. The number of aromatic nitrogens is 2. The molecular weight excluding hydrogens is 432 g/mol. The smallest absolute Gasteiger partial charge is 0.182 e. The van der Waals surface area contributed by atoms with Crippen LogP contribution in [0.1, 0.15) is 55.3 Å². The highest BCUT2D eigenvalue weighted by Gasteiger charge is 2.35. The summed E-state index contributed by atoms with van der Waals surface area (Å²) in [4.78, 5) is 0. The quantitative estimate of drug-likeness (QED) is 0.362. The van der Waals surface area contributed by atoms with Gasteiger partial charge in [-0.25, -0.2) is 0 Å². The molecule has 4 heterocycles. The van der Waals surface area contributed by atoms with Gasteiger partial charge in [0, 0.05) is 24.2 Å². The van der Waals surface area contributed by atoms with E-state index in [-0.39, 0.29) is 38.3 Å². The molecule has 182 valence electrons. The Hall–Kier alpha value is -2.80. The van der Waals surface area contributed by atoms with Crippen LogP contribution in [-0.2, 0) is 0 Å². The highest BCUT2D eigenvalue weighted by atomic mass is 16.6. The first-order valence-electron chi connectivity index (χ1n) is 11.2. The van der Waals surface area contributed by atoms with E-state index in [0.717, 1.165) is 28.7 Å². The van der Waals surface area contributed by atoms with Crippen molar-refractivity contribution in [1.29, 1.82) is 0 Å². The van der Waals surface area contributed by atoms with Crippen molar-refractivity contribution in [3.63, 3.8) is 0 Å². The van der Waals surface area contributed by atoms with Crippen molar-refractivity contribution in [3.05, 3.63) is 34.2 Å². The maximum atomic E-state index is 12.7. The Kier molecular flexibility index (Phi) is 5.27. The van der Waals surface area contributed by atoms with Crippen molar-refractivity contribution in [1.82, 2.24) is 9.46 Å². The molecule has 5 rings (SSSR count). The summed E-state index contributed by atoms with van der Waals surface area (Å²) in [6, 6.07) is 0. The number of fused-ring (bicyclic) bond motifs is 2. The predicted molar refractivity (Wildman–Crippen MR) is 119 cm³/mol. The molecule has 12 heteroatoms. The zero-order valence-corrected chi connectivity index (χ0v) is 18.3. The topological polar surface area (TPSA) is 197 Å². The number of nitrogens with zero attached hydrogens (tertiary/aromatic N) is 2. The van der Waals surface area contributed by atoms with Gasteiger partial charge in [0.05, 0.1) is 11.4 Å². The molecule has 8 N–H and O–H groups in total. The maximum Gasteiger partial charge on any atom is 0.182 e. The summed E-state index contributed by atoms with van der Waals surface area (Å²) in [6.45, 7) is 0.195. The van der Waals surface area contributed by atoms with Crippen molar-refractivity contribution in [3.8, 4) is 23.0 Å². The van der Waals surface area contributed by atoms with Gasteiger partial charge in [-0.1, -0.05) is 6.42 Å². The largest absolute Gasteiger partial charge is 0.806 e. The first kappa shape index (κ1) is 22.0. The van der Waals surface area contributed by atoms with E-state index >= 15 is 0 Å². The van der Waals surface area contributed by atoms with Gasteiger partial charge in [0.25, 0.3) is 0 Å². The van der Waals surface area contributed by atoms with Crippen LogP contribution >= 0.6 is 0 Å². The first-order valence-corrected chi connectivity index (χ1v) is 11.2. The molecule has 1 aliphatic carbocycles. The molecule has 0 radical (unpaired) electrons. The number of hydrogen-bond donors (Lipinski definition) is 4. The lowest BCUT2D eigenvalue weighted by Crippen LogP contribution is -2.58. The summed E-state index contributed by atoms with van der Waals surface area (Å²) >= 11 is 0. The summed E-state index contributed by atoms with van der Waals surface area (Å²) in [7, 11) is 0. The van der Waals surface area contributed by atoms with Gasteiger partial charge >= 0.3 is 0 Å². The molecule has 33 heavy (non-hydrogen) atoms. The van der Waals surface area contributed by atoms with Gasteiger partial charge in [-0.05, 0) is 25.7 Å². The van der Waals surface area contributed by atoms with E-state index in [2.05, 4.69) is 0 Å². The van der Waals surface area contributed by atoms with Crippen LogP contribution in [0.4, 0.5) is 0 Å². The summed E-state index contributed by atoms with van der Waals surface area (Å²) in [5.74, 6) is 1.41. The second-order valence-corrected chi connectivity index (χ2v) is 9.59. The van der Waals surface area contributed by atoms with Gasteiger partial charge in [-0.2, -0.15) is 0 Å². The fourth-order valence-electron chi connectivity index (χ4n) is 4.92. The fraction of sp³-hybridized carbons (Fsp3) is 0.619. The maximum absolute atomic E-state index is 12.7. The molecule has 2 aliphatic heterocycles. The standard InChI is InChI=1S/C21H30N6O6/c22-20(23)8-30-14-6-26(28)16(18(14)32-10-20)12-2-1-3-13(5-4-12)17-19-15(7-27(17)29)31-9-21(24,25)11-33-19/h6-7,12-13H,1-5,8-11,22-25H2/q-2. The van der Waals surface area contributed by atoms with Crippen LogP contribution in [0.5, 0.6) is 23.0 Å². The molecule has 2 atom stereocenters. The van der Waals surface area contributed by atoms with Crippen molar-refractivity contribution in [2.45, 2.75) is 55.3 Å². The highest BCUT2D eigenvalue weighted by Crippen LogP contribution is 2.48. The number of rotatable bonds is 2. The minimum atomic E-state index is -1.13. The Balaban J connectivity index is 1.37. The molecule has 0 aromatic carbocycles. The Morgan fingerprint density at radius 1 is 0.667 bits per heavy atom. The molecule has 12 nitrogen and oxygen atoms in total. The van der Waals surface area contributed by atoms with Crippen LogP contribution in [0.15, 0.2) is 12.4 Å². The number of hydrogen-bond acceptors (Lipinski definition) is 10.